The summed E-state index contributed by atoms with van der Waals surface area (Å²) in [5, 5.41) is 3.72. The third-order valence-corrected chi connectivity index (χ3v) is 4.92. The summed E-state index contributed by atoms with van der Waals surface area (Å²) in [7, 11) is 1.64. The standard InChI is InChI=1S/C24H26N2O4/c1-5-29-24(28)21(26(4)23(27)20-13-16(2)12-17(3)14-20)15-18-6-8-19(9-7-18)22-10-11-25-30-22/h6-14,21H,5,15H2,1-4H3. The van der Waals surface area contributed by atoms with Gasteiger partial charge >= 0.3 is 5.97 Å². The minimum Gasteiger partial charge on any atom is -0.464 e. The molecule has 156 valence electrons. The summed E-state index contributed by atoms with van der Waals surface area (Å²) in [6, 6.07) is 14.4. The number of esters is 1. The molecule has 1 heterocycles. The van der Waals surface area contributed by atoms with Gasteiger partial charge in [0.05, 0.1) is 12.8 Å². The van der Waals surface area contributed by atoms with E-state index in [-0.39, 0.29) is 12.5 Å². The van der Waals surface area contributed by atoms with Crippen molar-refractivity contribution in [2.75, 3.05) is 13.7 Å². The van der Waals surface area contributed by atoms with Crippen molar-refractivity contribution in [3.8, 4) is 11.3 Å². The minimum absolute atomic E-state index is 0.210. The second kappa shape index (κ2) is 9.39. The molecule has 1 atom stereocenters. The SMILES string of the molecule is CCOC(=O)C(Cc1ccc(-c2ccno2)cc1)N(C)C(=O)c1cc(C)cc(C)c1. The fraction of sp³-hybridized carbons (Fsp3) is 0.292. The zero-order valence-corrected chi connectivity index (χ0v) is 17.7. The third-order valence-electron chi connectivity index (χ3n) is 4.92. The van der Waals surface area contributed by atoms with Crippen LogP contribution in [0.4, 0.5) is 0 Å². The number of ether oxygens (including phenoxy) is 1. The fourth-order valence-electron chi connectivity index (χ4n) is 3.45. The van der Waals surface area contributed by atoms with Crippen molar-refractivity contribution in [1.82, 2.24) is 10.1 Å². The molecule has 30 heavy (non-hydrogen) atoms. The Kier molecular flexibility index (Phi) is 6.67. The highest BCUT2D eigenvalue weighted by Gasteiger charge is 2.29. The Morgan fingerprint density at radius 3 is 2.30 bits per heavy atom. The van der Waals surface area contributed by atoms with E-state index in [2.05, 4.69) is 5.16 Å². The molecule has 1 unspecified atom stereocenters. The molecule has 0 aliphatic carbocycles. The number of hydrogen-bond acceptors (Lipinski definition) is 5. The van der Waals surface area contributed by atoms with Gasteiger partial charge in [-0.05, 0) is 38.5 Å². The van der Waals surface area contributed by atoms with Crippen LogP contribution in [-0.2, 0) is 16.0 Å². The van der Waals surface area contributed by atoms with E-state index < -0.39 is 12.0 Å². The Balaban J connectivity index is 1.83. The molecule has 0 saturated carbocycles. The summed E-state index contributed by atoms with van der Waals surface area (Å²) in [6.07, 6.45) is 1.94. The Morgan fingerprint density at radius 1 is 1.07 bits per heavy atom. The Hall–Kier alpha value is -3.41. The number of aryl methyl sites for hydroxylation is 2. The van der Waals surface area contributed by atoms with Gasteiger partial charge in [-0.2, -0.15) is 0 Å². The van der Waals surface area contributed by atoms with Crippen molar-refractivity contribution in [3.63, 3.8) is 0 Å². The molecule has 0 fully saturated rings. The second-order valence-corrected chi connectivity index (χ2v) is 7.34. The highest BCUT2D eigenvalue weighted by atomic mass is 16.5. The first kappa shape index (κ1) is 21.3. The topological polar surface area (TPSA) is 72.6 Å². The van der Waals surface area contributed by atoms with Crippen LogP contribution in [0.2, 0.25) is 0 Å². The molecule has 0 N–H and O–H groups in total. The number of carbonyl (C=O) groups is 2. The van der Waals surface area contributed by atoms with Crippen LogP contribution in [-0.4, -0.2) is 41.6 Å². The lowest BCUT2D eigenvalue weighted by Crippen LogP contribution is -2.44. The number of amides is 1. The predicted octanol–water partition coefficient (Wildman–Crippen LogP) is 4.20. The Labute approximate surface area is 176 Å². The zero-order chi connectivity index (χ0) is 21.7. The number of hydrogen-bond donors (Lipinski definition) is 0. The molecule has 1 amide bonds. The molecule has 0 spiro atoms. The number of carbonyl (C=O) groups excluding carboxylic acids is 2. The summed E-state index contributed by atoms with van der Waals surface area (Å²) < 4.78 is 10.4. The van der Waals surface area contributed by atoms with Crippen LogP contribution in [0.5, 0.6) is 0 Å². The van der Waals surface area contributed by atoms with E-state index in [1.165, 1.54) is 4.90 Å². The van der Waals surface area contributed by atoms with Gasteiger partial charge in [0.2, 0.25) is 0 Å². The molecule has 0 bridgehead atoms. The maximum atomic E-state index is 13.1. The lowest BCUT2D eigenvalue weighted by atomic mass is 10.0. The summed E-state index contributed by atoms with van der Waals surface area (Å²) in [5.41, 5.74) is 4.37. The van der Waals surface area contributed by atoms with Crippen LogP contribution >= 0.6 is 0 Å². The maximum absolute atomic E-state index is 13.1. The van der Waals surface area contributed by atoms with Crippen molar-refractivity contribution in [2.45, 2.75) is 33.2 Å². The van der Waals surface area contributed by atoms with Crippen LogP contribution in [0.3, 0.4) is 0 Å². The third kappa shape index (κ3) is 4.95. The van der Waals surface area contributed by atoms with Crippen LogP contribution in [0.1, 0.15) is 34.0 Å². The van der Waals surface area contributed by atoms with E-state index in [0.29, 0.717) is 17.7 Å². The highest BCUT2D eigenvalue weighted by Crippen LogP contribution is 2.21. The molecular weight excluding hydrogens is 380 g/mol. The summed E-state index contributed by atoms with van der Waals surface area (Å²) in [5.74, 6) is 0.0424. The molecule has 6 nitrogen and oxygen atoms in total. The fourth-order valence-corrected chi connectivity index (χ4v) is 3.45. The number of benzene rings is 2. The molecule has 0 saturated heterocycles. The number of likely N-dealkylation sites (N-methyl/N-ethyl adjacent to an activating group) is 1. The lowest BCUT2D eigenvalue weighted by Gasteiger charge is -2.27. The lowest BCUT2D eigenvalue weighted by molar-refractivity contribution is -0.148. The van der Waals surface area contributed by atoms with Gasteiger partial charge in [0.25, 0.3) is 5.91 Å². The molecule has 1 aromatic heterocycles. The summed E-state index contributed by atoms with van der Waals surface area (Å²) in [6.45, 7) is 5.91. The molecule has 2 aromatic carbocycles. The van der Waals surface area contributed by atoms with Gasteiger partial charge in [-0.3, -0.25) is 4.79 Å². The van der Waals surface area contributed by atoms with Gasteiger partial charge in [-0.25, -0.2) is 4.79 Å². The van der Waals surface area contributed by atoms with E-state index >= 15 is 0 Å². The number of rotatable bonds is 7. The molecule has 6 heteroatoms. The van der Waals surface area contributed by atoms with Crippen molar-refractivity contribution < 1.29 is 18.8 Å². The molecule has 3 rings (SSSR count). The quantitative estimate of drug-likeness (QED) is 0.550. The Bertz CT molecular complexity index is 990. The average Bonchev–Trinajstić information content (AvgIpc) is 3.25. The molecule has 3 aromatic rings. The molecular formula is C24H26N2O4. The van der Waals surface area contributed by atoms with Gasteiger partial charge in [0.1, 0.15) is 6.04 Å². The Morgan fingerprint density at radius 2 is 1.73 bits per heavy atom. The van der Waals surface area contributed by atoms with Crippen LogP contribution in [0.15, 0.2) is 59.3 Å². The first-order valence-electron chi connectivity index (χ1n) is 9.91. The van der Waals surface area contributed by atoms with Gasteiger partial charge in [-0.15, -0.1) is 0 Å². The largest absolute Gasteiger partial charge is 0.464 e. The molecule has 0 aliphatic rings. The summed E-state index contributed by atoms with van der Waals surface area (Å²) in [4.78, 5) is 27.2. The van der Waals surface area contributed by atoms with Gasteiger partial charge in [0, 0.05) is 30.7 Å². The normalized spacial score (nSPS) is 11.7. The second-order valence-electron chi connectivity index (χ2n) is 7.34. The van der Waals surface area contributed by atoms with Gasteiger partial charge in [0.15, 0.2) is 5.76 Å². The minimum atomic E-state index is -0.727. The summed E-state index contributed by atoms with van der Waals surface area (Å²) >= 11 is 0. The van der Waals surface area contributed by atoms with E-state index in [1.807, 2.05) is 56.3 Å². The first-order chi connectivity index (χ1) is 14.4. The highest BCUT2D eigenvalue weighted by molar-refractivity contribution is 5.97. The van der Waals surface area contributed by atoms with E-state index in [0.717, 1.165) is 22.3 Å². The smallest absolute Gasteiger partial charge is 0.329 e. The van der Waals surface area contributed by atoms with Gasteiger partial charge < -0.3 is 14.2 Å². The monoisotopic (exact) mass is 406 g/mol. The van der Waals surface area contributed by atoms with Crippen molar-refractivity contribution in [1.29, 1.82) is 0 Å². The number of nitrogens with zero attached hydrogens (tertiary/aromatic N) is 2. The average molecular weight is 406 g/mol. The van der Waals surface area contributed by atoms with E-state index in [1.54, 1.807) is 26.2 Å². The zero-order valence-electron chi connectivity index (χ0n) is 17.7. The van der Waals surface area contributed by atoms with Crippen molar-refractivity contribution in [2.24, 2.45) is 0 Å². The maximum Gasteiger partial charge on any atom is 0.329 e. The van der Waals surface area contributed by atoms with Crippen LogP contribution in [0, 0.1) is 13.8 Å². The van der Waals surface area contributed by atoms with Crippen molar-refractivity contribution in [3.05, 3.63) is 77.0 Å². The van der Waals surface area contributed by atoms with E-state index in [4.69, 9.17) is 9.26 Å². The van der Waals surface area contributed by atoms with Crippen LogP contribution in [0.25, 0.3) is 11.3 Å². The van der Waals surface area contributed by atoms with Gasteiger partial charge in [-0.1, -0.05) is 46.6 Å². The van der Waals surface area contributed by atoms with E-state index in [9.17, 15) is 9.59 Å². The number of aromatic nitrogens is 1. The van der Waals surface area contributed by atoms with Crippen LogP contribution < -0.4 is 0 Å². The molecule has 0 radical (unpaired) electrons. The predicted molar refractivity (Wildman–Crippen MR) is 114 cm³/mol. The molecule has 0 aliphatic heterocycles. The first-order valence-corrected chi connectivity index (χ1v) is 9.91. The van der Waals surface area contributed by atoms with Crippen molar-refractivity contribution >= 4 is 11.9 Å².